The van der Waals surface area contributed by atoms with Crippen LogP contribution < -0.4 is 5.32 Å². The number of carbonyl (C=O) groups is 2. The van der Waals surface area contributed by atoms with Gasteiger partial charge in [0.15, 0.2) is 0 Å². The summed E-state index contributed by atoms with van der Waals surface area (Å²) in [6, 6.07) is 21.3. The van der Waals surface area contributed by atoms with Crippen molar-refractivity contribution < 1.29 is 9.59 Å². The highest BCUT2D eigenvalue weighted by Gasteiger charge is 2.10. The molecule has 0 heterocycles. The first-order chi connectivity index (χ1) is 12.5. The monoisotopic (exact) mass is 364 g/mol. The zero-order valence-electron chi connectivity index (χ0n) is 14.7. The fourth-order valence-corrected chi connectivity index (χ4v) is 3.34. The molecule has 3 rings (SSSR count). The maximum atomic E-state index is 12.2. The Morgan fingerprint density at radius 3 is 2.46 bits per heavy atom. The fourth-order valence-electron chi connectivity index (χ4n) is 2.59. The first-order valence-electron chi connectivity index (χ1n) is 8.26. The summed E-state index contributed by atoms with van der Waals surface area (Å²) in [4.78, 5) is 26.8. The van der Waals surface area contributed by atoms with Crippen LogP contribution in [0.3, 0.4) is 0 Å². The highest BCUT2D eigenvalue weighted by molar-refractivity contribution is 8.00. The van der Waals surface area contributed by atoms with Crippen LogP contribution in [0, 0.1) is 0 Å². The van der Waals surface area contributed by atoms with Crippen molar-refractivity contribution in [1.82, 2.24) is 4.90 Å². The molecule has 0 spiro atoms. The number of nitrogens with one attached hydrogen (secondary N) is 1. The number of benzene rings is 3. The van der Waals surface area contributed by atoms with E-state index in [1.165, 1.54) is 22.0 Å². The Balaban J connectivity index is 1.61. The molecule has 0 aliphatic heterocycles. The molecule has 0 unspecified atom stereocenters. The lowest BCUT2D eigenvalue weighted by atomic mass is 10.1. The van der Waals surface area contributed by atoms with Crippen molar-refractivity contribution in [3.8, 4) is 0 Å². The number of hydrogen-bond acceptors (Lipinski definition) is 3. The molecule has 1 N–H and O–H groups in total. The van der Waals surface area contributed by atoms with Crippen LogP contribution in [0.1, 0.15) is 10.4 Å². The topological polar surface area (TPSA) is 49.4 Å². The van der Waals surface area contributed by atoms with Crippen molar-refractivity contribution in [1.29, 1.82) is 0 Å². The lowest BCUT2D eigenvalue weighted by Gasteiger charge is -2.11. The minimum Gasteiger partial charge on any atom is -0.345 e. The summed E-state index contributed by atoms with van der Waals surface area (Å²) in [6.07, 6.45) is 0. The number of nitrogens with zero attached hydrogens (tertiary/aromatic N) is 1. The molecule has 0 saturated heterocycles. The van der Waals surface area contributed by atoms with E-state index >= 15 is 0 Å². The Bertz CT molecular complexity index is 953. The van der Waals surface area contributed by atoms with Gasteiger partial charge in [-0.3, -0.25) is 9.59 Å². The second kappa shape index (κ2) is 8.06. The van der Waals surface area contributed by atoms with Gasteiger partial charge in [-0.25, -0.2) is 0 Å². The molecule has 3 aromatic rings. The standard InChI is InChI=1S/C21H20N2O2S/c1-23(2)21(25)17-8-5-9-18(12-17)22-20(24)14-26-19-11-10-15-6-3-4-7-16(15)13-19/h3-13H,14H2,1-2H3,(H,22,24). The van der Waals surface area contributed by atoms with Crippen molar-refractivity contribution in [2.24, 2.45) is 0 Å². The number of fused-ring (bicyclic) bond motifs is 1. The molecule has 0 saturated carbocycles. The van der Waals surface area contributed by atoms with Crippen LogP contribution in [0.4, 0.5) is 5.69 Å². The van der Waals surface area contributed by atoms with Gasteiger partial charge in [-0.15, -0.1) is 11.8 Å². The maximum absolute atomic E-state index is 12.2. The number of carbonyl (C=O) groups excluding carboxylic acids is 2. The van der Waals surface area contributed by atoms with Gasteiger partial charge in [0, 0.05) is 30.2 Å². The summed E-state index contributed by atoms with van der Waals surface area (Å²) in [5.41, 5.74) is 1.18. The van der Waals surface area contributed by atoms with Gasteiger partial charge in [0.25, 0.3) is 5.91 Å². The zero-order valence-corrected chi connectivity index (χ0v) is 15.5. The Labute approximate surface area is 157 Å². The van der Waals surface area contributed by atoms with Crippen LogP contribution in [-0.2, 0) is 4.79 Å². The number of amides is 2. The van der Waals surface area contributed by atoms with Crippen LogP contribution in [0.2, 0.25) is 0 Å². The number of hydrogen-bond donors (Lipinski definition) is 1. The first-order valence-corrected chi connectivity index (χ1v) is 9.24. The highest BCUT2D eigenvalue weighted by Crippen LogP contribution is 2.24. The van der Waals surface area contributed by atoms with Gasteiger partial charge in [-0.05, 0) is 41.1 Å². The number of thioether (sulfide) groups is 1. The summed E-state index contributed by atoms with van der Waals surface area (Å²) in [6.45, 7) is 0. The smallest absolute Gasteiger partial charge is 0.253 e. The second-order valence-electron chi connectivity index (χ2n) is 6.13. The highest BCUT2D eigenvalue weighted by atomic mass is 32.2. The van der Waals surface area contributed by atoms with Gasteiger partial charge in [-0.2, -0.15) is 0 Å². The van der Waals surface area contributed by atoms with Crippen molar-refractivity contribution in [2.45, 2.75) is 4.90 Å². The Morgan fingerprint density at radius 1 is 0.923 bits per heavy atom. The number of rotatable bonds is 5. The Hall–Kier alpha value is -2.79. The molecule has 0 radical (unpaired) electrons. The molecule has 132 valence electrons. The summed E-state index contributed by atoms with van der Waals surface area (Å²) in [5, 5.41) is 5.20. The van der Waals surface area contributed by atoms with E-state index in [0.29, 0.717) is 17.0 Å². The van der Waals surface area contributed by atoms with E-state index in [1.807, 2.05) is 18.2 Å². The van der Waals surface area contributed by atoms with Crippen LogP contribution in [0.5, 0.6) is 0 Å². The molecule has 3 aromatic carbocycles. The molecule has 0 aliphatic carbocycles. The Morgan fingerprint density at radius 2 is 1.69 bits per heavy atom. The van der Waals surface area contributed by atoms with E-state index in [-0.39, 0.29) is 11.8 Å². The largest absolute Gasteiger partial charge is 0.345 e. The van der Waals surface area contributed by atoms with Gasteiger partial charge in [0.2, 0.25) is 5.91 Å². The average molecular weight is 364 g/mol. The summed E-state index contributed by atoms with van der Waals surface area (Å²) >= 11 is 1.49. The summed E-state index contributed by atoms with van der Waals surface area (Å²) in [5.74, 6) is 0.119. The molecule has 0 bridgehead atoms. The lowest BCUT2D eigenvalue weighted by Crippen LogP contribution is -2.22. The van der Waals surface area contributed by atoms with Crippen molar-refractivity contribution >= 4 is 40.0 Å². The van der Waals surface area contributed by atoms with E-state index in [9.17, 15) is 9.59 Å². The molecular formula is C21H20N2O2S. The molecule has 26 heavy (non-hydrogen) atoms. The molecule has 2 amide bonds. The van der Waals surface area contributed by atoms with Crippen molar-refractivity contribution in [3.63, 3.8) is 0 Å². The molecule has 0 aliphatic rings. The third-order valence-corrected chi connectivity index (χ3v) is 4.88. The normalized spacial score (nSPS) is 10.5. The van der Waals surface area contributed by atoms with Crippen LogP contribution in [0.15, 0.2) is 71.6 Å². The van der Waals surface area contributed by atoms with Crippen LogP contribution in [-0.4, -0.2) is 36.6 Å². The molecule has 5 heteroatoms. The van der Waals surface area contributed by atoms with Gasteiger partial charge < -0.3 is 10.2 Å². The fraction of sp³-hybridized carbons (Fsp3) is 0.143. The van der Waals surface area contributed by atoms with Gasteiger partial charge >= 0.3 is 0 Å². The zero-order chi connectivity index (χ0) is 18.5. The second-order valence-corrected chi connectivity index (χ2v) is 7.17. The molecule has 4 nitrogen and oxygen atoms in total. The van der Waals surface area contributed by atoms with Crippen molar-refractivity contribution in [3.05, 3.63) is 72.3 Å². The first kappa shape index (κ1) is 18.0. The van der Waals surface area contributed by atoms with Gasteiger partial charge in [0.1, 0.15) is 0 Å². The quantitative estimate of drug-likeness (QED) is 0.688. The average Bonchev–Trinajstić information content (AvgIpc) is 2.65. The third kappa shape index (κ3) is 4.43. The minimum atomic E-state index is -0.0994. The van der Waals surface area contributed by atoms with E-state index in [4.69, 9.17) is 0 Å². The summed E-state index contributed by atoms with van der Waals surface area (Å²) in [7, 11) is 3.40. The lowest BCUT2D eigenvalue weighted by molar-refractivity contribution is -0.113. The molecule has 0 atom stereocenters. The SMILES string of the molecule is CN(C)C(=O)c1cccc(NC(=O)CSc2ccc3ccccc3c2)c1. The molecule has 0 aromatic heterocycles. The predicted molar refractivity (Wildman–Crippen MR) is 108 cm³/mol. The molecule has 0 fully saturated rings. The molecular weight excluding hydrogens is 344 g/mol. The van der Waals surface area contributed by atoms with E-state index < -0.39 is 0 Å². The van der Waals surface area contributed by atoms with E-state index in [2.05, 4.69) is 29.6 Å². The van der Waals surface area contributed by atoms with Crippen molar-refractivity contribution in [2.75, 3.05) is 25.2 Å². The van der Waals surface area contributed by atoms with Crippen LogP contribution in [0.25, 0.3) is 10.8 Å². The number of anilines is 1. The predicted octanol–water partition coefficient (Wildman–Crippen LogP) is 4.27. The van der Waals surface area contributed by atoms with Gasteiger partial charge in [-0.1, -0.05) is 36.4 Å². The van der Waals surface area contributed by atoms with E-state index in [1.54, 1.807) is 38.4 Å². The minimum absolute atomic E-state index is 0.0911. The van der Waals surface area contributed by atoms with E-state index in [0.717, 1.165) is 10.3 Å². The van der Waals surface area contributed by atoms with Crippen LogP contribution >= 0.6 is 11.8 Å². The Kier molecular flexibility index (Phi) is 5.58. The summed E-state index contributed by atoms with van der Waals surface area (Å²) < 4.78 is 0. The van der Waals surface area contributed by atoms with Gasteiger partial charge in [0.05, 0.1) is 5.75 Å². The third-order valence-electron chi connectivity index (χ3n) is 3.89. The maximum Gasteiger partial charge on any atom is 0.253 e.